The SMILES string of the molecule is CCOc1ccc(NC(=O)CSc2nc3sc4c(c3c(=O)[nH]2)CCCC4)cc1. The van der Waals surface area contributed by atoms with E-state index in [0.717, 1.165) is 35.2 Å². The first-order valence-corrected chi connectivity index (χ1v) is 11.1. The molecule has 0 unspecified atom stereocenters. The summed E-state index contributed by atoms with van der Waals surface area (Å²) in [5.74, 6) is 0.790. The number of hydrogen-bond donors (Lipinski definition) is 2. The molecule has 2 heterocycles. The van der Waals surface area contributed by atoms with Crippen LogP contribution in [0.15, 0.2) is 34.2 Å². The number of thioether (sulfide) groups is 1. The number of rotatable bonds is 6. The van der Waals surface area contributed by atoms with Gasteiger partial charge in [0.2, 0.25) is 5.91 Å². The molecule has 0 fully saturated rings. The lowest BCUT2D eigenvalue weighted by atomic mass is 9.97. The number of nitrogens with zero attached hydrogens (tertiary/aromatic N) is 1. The van der Waals surface area contributed by atoms with Gasteiger partial charge in [-0.05, 0) is 62.4 Å². The number of fused-ring (bicyclic) bond motifs is 3. The van der Waals surface area contributed by atoms with Crippen molar-refractivity contribution in [2.75, 3.05) is 17.7 Å². The second kappa shape index (κ2) is 8.36. The summed E-state index contributed by atoms with van der Waals surface area (Å²) in [5, 5.41) is 4.06. The number of anilines is 1. The van der Waals surface area contributed by atoms with Crippen molar-refractivity contribution in [2.45, 2.75) is 37.8 Å². The van der Waals surface area contributed by atoms with Crippen molar-refractivity contribution in [3.63, 3.8) is 0 Å². The molecule has 2 aromatic heterocycles. The maximum Gasteiger partial charge on any atom is 0.260 e. The maximum absolute atomic E-state index is 12.5. The molecule has 0 atom stereocenters. The van der Waals surface area contributed by atoms with E-state index in [-0.39, 0.29) is 17.2 Å². The number of amides is 1. The van der Waals surface area contributed by atoms with E-state index in [9.17, 15) is 9.59 Å². The summed E-state index contributed by atoms with van der Waals surface area (Å²) in [6.07, 6.45) is 4.28. The lowest BCUT2D eigenvalue weighted by Crippen LogP contribution is -2.15. The number of carbonyl (C=O) groups is 1. The average molecular weight is 416 g/mol. The van der Waals surface area contributed by atoms with E-state index in [1.165, 1.54) is 28.6 Å². The van der Waals surface area contributed by atoms with Crippen LogP contribution >= 0.6 is 23.1 Å². The summed E-state index contributed by atoms with van der Waals surface area (Å²) in [6, 6.07) is 7.24. The van der Waals surface area contributed by atoms with Gasteiger partial charge in [0.25, 0.3) is 5.56 Å². The molecule has 2 N–H and O–H groups in total. The number of carbonyl (C=O) groups excluding carboxylic acids is 1. The number of nitrogens with one attached hydrogen (secondary N) is 2. The van der Waals surface area contributed by atoms with Gasteiger partial charge in [-0.1, -0.05) is 11.8 Å². The molecule has 0 bridgehead atoms. The van der Waals surface area contributed by atoms with Crippen molar-refractivity contribution >= 4 is 44.9 Å². The average Bonchev–Trinajstić information content (AvgIpc) is 3.07. The predicted octanol–water partition coefficient (Wildman–Crippen LogP) is 3.99. The van der Waals surface area contributed by atoms with Crippen molar-refractivity contribution in [1.29, 1.82) is 0 Å². The van der Waals surface area contributed by atoms with E-state index in [2.05, 4.69) is 15.3 Å². The lowest BCUT2D eigenvalue weighted by molar-refractivity contribution is -0.113. The molecule has 0 saturated carbocycles. The number of H-pyrrole nitrogens is 1. The Kier molecular flexibility index (Phi) is 5.68. The van der Waals surface area contributed by atoms with Crippen molar-refractivity contribution in [1.82, 2.24) is 9.97 Å². The van der Waals surface area contributed by atoms with Crippen LogP contribution in [-0.2, 0) is 17.6 Å². The van der Waals surface area contributed by atoms with Crippen LogP contribution in [0, 0.1) is 0 Å². The maximum atomic E-state index is 12.5. The van der Waals surface area contributed by atoms with Crippen LogP contribution in [0.2, 0.25) is 0 Å². The summed E-state index contributed by atoms with van der Waals surface area (Å²) in [5.41, 5.74) is 1.78. The molecule has 6 nitrogen and oxygen atoms in total. The minimum atomic E-state index is -0.151. The normalized spacial score (nSPS) is 13.3. The Balaban J connectivity index is 1.42. The van der Waals surface area contributed by atoms with E-state index in [1.807, 2.05) is 19.1 Å². The fourth-order valence-corrected chi connectivity index (χ4v) is 5.33. The summed E-state index contributed by atoms with van der Waals surface area (Å²) >= 11 is 2.85. The highest BCUT2D eigenvalue weighted by Gasteiger charge is 2.20. The van der Waals surface area contributed by atoms with E-state index in [1.54, 1.807) is 23.5 Å². The van der Waals surface area contributed by atoms with Crippen molar-refractivity contribution in [2.24, 2.45) is 0 Å². The molecule has 146 valence electrons. The molecule has 0 aliphatic heterocycles. The Morgan fingerprint density at radius 2 is 2.07 bits per heavy atom. The molecule has 8 heteroatoms. The quantitative estimate of drug-likeness (QED) is 0.470. The first-order chi connectivity index (χ1) is 13.6. The van der Waals surface area contributed by atoms with Crippen LogP contribution in [0.1, 0.15) is 30.2 Å². The third-order valence-electron chi connectivity index (χ3n) is 4.59. The van der Waals surface area contributed by atoms with Gasteiger partial charge in [-0.25, -0.2) is 4.98 Å². The third-order valence-corrected chi connectivity index (χ3v) is 6.65. The zero-order valence-corrected chi connectivity index (χ0v) is 17.2. The first kappa shape index (κ1) is 19.0. The van der Waals surface area contributed by atoms with Crippen LogP contribution in [-0.4, -0.2) is 28.2 Å². The van der Waals surface area contributed by atoms with Crippen LogP contribution in [0.5, 0.6) is 5.75 Å². The molecule has 0 spiro atoms. The molecule has 0 saturated heterocycles. The minimum absolute atomic E-state index is 0.0983. The smallest absolute Gasteiger partial charge is 0.260 e. The van der Waals surface area contributed by atoms with Crippen LogP contribution < -0.4 is 15.6 Å². The van der Waals surface area contributed by atoms with Gasteiger partial charge < -0.3 is 15.0 Å². The molecule has 1 aliphatic rings. The molecule has 1 aromatic carbocycles. The van der Waals surface area contributed by atoms with Crippen LogP contribution in [0.3, 0.4) is 0 Å². The molecule has 3 aromatic rings. The highest BCUT2D eigenvalue weighted by molar-refractivity contribution is 7.99. The molecule has 4 rings (SSSR count). The van der Waals surface area contributed by atoms with Gasteiger partial charge in [-0.2, -0.15) is 0 Å². The summed E-state index contributed by atoms with van der Waals surface area (Å²) in [4.78, 5) is 34.2. The molecular weight excluding hydrogens is 394 g/mol. The Bertz CT molecular complexity index is 1060. The van der Waals surface area contributed by atoms with Crippen LogP contribution in [0.4, 0.5) is 5.69 Å². The number of aromatic nitrogens is 2. The van der Waals surface area contributed by atoms with Crippen molar-refractivity contribution in [3.8, 4) is 5.75 Å². The molecule has 1 aliphatic carbocycles. The van der Waals surface area contributed by atoms with Crippen molar-refractivity contribution in [3.05, 3.63) is 45.1 Å². The largest absolute Gasteiger partial charge is 0.494 e. The zero-order valence-electron chi connectivity index (χ0n) is 15.5. The second-order valence-corrected chi connectivity index (χ2v) is 8.60. The topological polar surface area (TPSA) is 84.1 Å². The Labute approximate surface area is 170 Å². The Hall–Kier alpha value is -2.32. The van der Waals surface area contributed by atoms with Gasteiger partial charge in [-0.15, -0.1) is 11.3 Å². The number of benzene rings is 1. The van der Waals surface area contributed by atoms with Gasteiger partial charge in [0, 0.05) is 10.6 Å². The van der Waals surface area contributed by atoms with Gasteiger partial charge in [0.15, 0.2) is 5.16 Å². The number of aromatic amines is 1. The fourth-order valence-electron chi connectivity index (χ4n) is 3.34. The molecule has 1 amide bonds. The van der Waals surface area contributed by atoms with E-state index >= 15 is 0 Å². The van der Waals surface area contributed by atoms with Gasteiger partial charge in [-0.3, -0.25) is 9.59 Å². The van der Waals surface area contributed by atoms with Gasteiger partial charge in [0.05, 0.1) is 17.7 Å². The number of aryl methyl sites for hydroxylation is 2. The lowest BCUT2D eigenvalue weighted by Gasteiger charge is -2.09. The highest BCUT2D eigenvalue weighted by Crippen LogP contribution is 2.34. The summed E-state index contributed by atoms with van der Waals surface area (Å²) < 4.78 is 5.39. The first-order valence-electron chi connectivity index (χ1n) is 9.34. The van der Waals surface area contributed by atoms with Crippen molar-refractivity contribution < 1.29 is 9.53 Å². The number of ether oxygens (including phenoxy) is 1. The Morgan fingerprint density at radius 1 is 1.29 bits per heavy atom. The molecule has 28 heavy (non-hydrogen) atoms. The van der Waals surface area contributed by atoms with Gasteiger partial charge >= 0.3 is 0 Å². The fraction of sp³-hybridized carbons (Fsp3) is 0.350. The van der Waals surface area contributed by atoms with E-state index < -0.39 is 0 Å². The summed E-state index contributed by atoms with van der Waals surface area (Å²) in [7, 11) is 0. The third kappa shape index (κ3) is 4.07. The molecule has 0 radical (unpaired) electrons. The number of thiophene rings is 1. The summed E-state index contributed by atoms with van der Waals surface area (Å²) in [6.45, 7) is 2.53. The van der Waals surface area contributed by atoms with Gasteiger partial charge in [0.1, 0.15) is 10.6 Å². The standard InChI is InChI=1S/C20H21N3O3S2/c1-2-26-13-9-7-12(8-10-13)21-16(24)11-27-20-22-18(25)17-14-5-3-4-6-15(14)28-19(17)23-20/h7-10H,2-6,11H2,1H3,(H,21,24)(H,22,23,25). The minimum Gasteiger partial charge on any atom is -0.494 e. The second-order valence-electron chi connectivity index (χ2n) is 6.56. The van der Waals surface area contributed by atoms with E-state index in [0.29, 0.717) is 17.5 Å². The van der Waals surface area contributed by atoms with E-state index in [4.69, 9.17) is 4.74 Å². The monoisotopic (exact) mass is 415 g/mol. The predicted molar refractivity (Wildman–Crippen MR) is 114 cm³/mol. The highest BCUT2D eigenvalue weighted by atomic mass is 32.2. The number of hydrogen-bond acceptors (Lipinski definition) is 6. The zero-order chi connectivity index (χ0) is 19.5. The Morgan fingerprint density at radius 3 is 2.86 bits per heavy atom. The van der Waals surface area contributed by atoms with Crippen LogP contribution in [0.25, 0.3) is 10.2 Å². The molecular formula is C20H21N3O3S2.